The Morgan fingerprint density at radius 1 is 1.06 bits per heavy atom. The van der Waals surface area contributed by atoms with E-state index in [9.17, 15) is 8.42 Å². The van der Waals surface area contributed by atoms with Crippen LogP contribution in [0.5, 0.6) is 23.1 Å². The zero-order valence-electron chi connectivity index (χ0n) is 19.8. The Morgan fingerprint density at radius 3 is 2.38 bits per heavy atom. The van der Waals surface area contributed by atoms with Crippen LogP contribution in [-0.2, 0) is 15.4 Å². The van der Waals surface area contributed by atoms with E-state index in [2.05, 4.69) is 14.7 Å². The molecule has 10 heteroatoms. The number of aliphatic hydroxyl groups excluding tert-OH is 1. The molecule has 0 radical (unpaired) electrons. The molecule has 34 heavy (non-hydrogen) atoms. The number of aromatic nitrogens is 2. The Morgan fingerprint density at radius 2 is 1.76 bits per heavy atom. The molecule has 1 heterocycles. The quantitative estimate of drug-likeness (QED) is 0.464. The molecule has 0 amide bonds. The van der Waals surface area contributed by atoms with Gasteiger partial charge in [0, 0.05) is 6.07 Å². The van der Waals surface area contributed by atoms with Gasteiger partial charge in [0.15, 0.2) is 5.82 Å². The van der Waals surface area contributed by atoms with Crippen molar-refractivity contribution in [1.29, 1.82) is 0 Å². The zero-order chi connectivity index (χ0) is 24.9. The van der Waals surface area contributed by atoms with Gasteiger partial charge in [-0.2, -0.15) is 4.98 Å². The average Bonchev–Trinajstić information content (AvgIpc) is 2.79. The maximum atomic E-state index is 13.1. The lowest BCUT2D eigenvalue weighted by atomic mass is 9.87. The Bertz CT molecular complexity index is 1240. The normalized spacial score (nSPS) is 11.7. The molecular weight excluding hydrogens is 458 g/mol. The van der Waals surface area contributed by atoms with Crippen LogP contribution in [-0.4, -0.2) is 43.8 Å². The smallest absolute Gasteiger partial charge is 0.263 e. The summed E-state index contributed by atoms with van der Waals surface area (Å²) >= 11 is 0. The van der Waals surface area contributed by atoms with E-state index in [4.69, 9.17) is 19.3 Å². The number of benzene rings is 2. The first kappa shape index (κ1) is 25.3. The van der Waals surface area contributed by atoms with Gasteiger partial charge in [0.2, 0.25) is 5.75 Å². The van der Waals surface area contributed by atoms with E-state index in [1.807, 2.05) is 27.7 Å². The van der Waals surface area contributed by atoms with Crippen molar-refractivity contribution in [1.82, 2.24) is 9.97 Å². The standard InChI is InChI=1S/C24H29N3O6S/c1-16-6-9-18(14-20(16)31-5)33-21-22(25-15-26-23(21)32-13-12-28)27-34(29,30)19-10-7-17(8-11-19)24(2,3)4/h6-11,14-15,28H,12-13H2,1-5H3,(H,25,26,27). The summed E-state index contributed by atoms with van der Waals surface area (Å²) in [5.74, 6) is 0.776. The molecule has 0 spiro atoms. The highest BCUT2D eigenvalue weighted by atomic mass is 32.2. The molecule has 0 fully saturated rings. The third-order valence-electron chi connectivity index (χ3n) is 4.96. The molecule has 0 aliphatic carbocycles. The number of aryl methyl sites for hydroxylation is 1. The molecule has 0 atom stereocenters. The first-order valence-corrected chi connectivity index (χ1v) is 12.1. The van der Waals surface area contributed by atoms with Crippen LogP contribution < -0.4 is 18.9 Å². The maximum absolute atomic E-state index is 13.1. The SMILES string of the molecule is COc1cc(Oc2c(NS(=O)(=O)c3ccc(C(C)(C)C)cc3)ncnc2OCCO)ccc1C. The van der Waals surface area contributed by atoms with Crippen LogP contribution in [0.4, 0.5) is 5.82 Å². The van der Waals surface area contributed by atoms with Crippen LogP contribution in [0.3, 0.4) is 0 Å². The average molecular weight is 488 g/mol. The van der Waals surface area contributed by atoms with Gasteiger partial charge in [-0.25, -0.2) is 13.4 Å². The number of sulfonamides is 1. The van der Waals surface area contributed by atoms with Crippen LogP contribution in [0.15, 0.2) is 53.7 Å². The van der Waals surface area contributed by atoms with Gasteiger partial charge in [0.25, 0.3) is 15.9 Å². The molecule has 0 aliphatic heterocycles. The van der Waals surface area contributed by atoms with E-state index in [0.717, 1.165) is 17.5 Å². The largest absolute Gasteiger partial charge is 0.496 e. The van der Waals surface area contributed by atoms with E-state index in [-0.39, 0.29) is 41.0 Å². The van der Waals surface area contributed by atoms with Crippen molar-refractivity contribution in [2.45, 2.75) is 38.0 Å². The van der Waals surface area contributed by atoms with Crippen molar-refractivity contribution >= 4 is 15.8 Å². The van der Waals surface area contributed by atoms with Crippen molar-refractivity contribution in [3.63, 3.8) is 0 Å². The molecule has 3 rings (SSSR count). The highest BCUT2D eigenvalue weighted by Crippen LogP contribution is 2.38. The number of methoxy groups -OCH3 is 1. The summed E-state index contributed by atoms with van der Waals surface area (Å²) in [5.41, 5.74) is 1.79. The fourth-order valence-electron chi connectivity index (χ4n) is 3.07. The number of hydrogen-bond acceptors (Lipinski definition) is 8. The van der Waals surface area contributed by atoms with E-state index < -0.39 is 10.0 Å². The molecule has 0 saturated carbocycles. The molecular formula is C24H29N3O6S. The second kappa shape index (κ2) is 10.3. The third-order valence-corrected chi connectivity index (χ3v) is 6.32. The zero-order valence-corrected chi connectivity index (χ0v) is 20.6. The number of nitrogens with one attached hydrogen (secondary N) is 1. The minimum atomic E-state index is -4.00. The van der Waals surface area contributed by atoms with Gasteiger partial charge in [-0.15, -0.1) is 0 Å². The predicted molar refractivity (Wildman–Crippen MR) is 128 cm³/mol. The van der Waals surface area contributed by atoms with E-state index >= 15 is 0 Å². The van der Waals surface area contributed by atoms with Gasteiger partial charge in [0.1, 0.15) is 24.4 Å². The molecule has 0 unspecified atom stereocenters. The highest BCUT2D eigenvalue weighted by Gasteiger charge is 2.23. The number of ether oxygens (including phenoxy) is 3. The summed E-state index contributed by atoms with van der Waals surface area (Å²) in [7, 11) is -2.46. The topological polar surface area (TPSA) is 120 Å². The Labute approximate surface area is 199 Å². The molecule has 1 aromatic heterocycles. The predicted octanol–water partition coefficient (Wildman–Crippen LogP) is 4.06. The van der Waals surface area contributed by atoms with Gasteiger partial charge in [-0.05, 0) is 41.7 Å². The van der Waals surface area contributed by atoms with Crippen LogP contribution in [0.2, 0.25) is 0 Å². The molecule has 2 aromatic carbocycles. The van der Waals surface area contributed by atoms with Crippen molar-refractivity contribution in [2.24, 2.45) is 0 Å². The van der Waals surface area contributed by atoms with Crippen molar-refractivity contribution in [3.05, 3.63) is 59.9 Å². The molecule has 3 aromatic rings. The van der Waals surface area contributed by atoms with Gasteiger partial charge >= 0.3 is 0 Å². The third kappa shape index (κ3) is 5.95. The number of aliphatic hydroxyl groups is 1. The van der Waals surface area contributed by atoms with Crippen LogP contribution in [0, 0.1) is 6.92 Å². The van der Waals surface area contributed by atoms with Gasteiger partial charge in [-0.3, -0.25) is 4.72 Å². The number of anilines is 1. The van der Waals surface area contributed by atoms with Crippen LogP contribution in [0.1, 0.15) is 31.9 Å². The van der Waals surface area contributed by atoms with Crippen LogP contribution in [0.25, 0.3) is 0 Å². The highest BCUT2D eigenvalue weighted by molar-refractivity contribution is 7.92. The number of hydrogen-bond donors (Lipinski definition) is 2. The fraction of sp³-hybridized carbons (Fsp3) is 0.333. The second-order valence-electron chi connectivity index (χ2n) is 8.54. The lowest BCUT2D eigenvalue weighted by Crippen LogP contribution is -2.16. The van der Waals surface area contributed by atoms with E-state index in [1.54, 1.807) is 42.5 Å². The summed E-state index contributed by atoms with van der Waals surface area (Å²) in [6.45, 7) is 7.70. The summed E-state index contributed by atoms with van der Waals surface area (Å²) in [6, 6.07) is 11.8. The summed E-state index contributed by atoms with van der Waals surface area (Å²) < 4.78 is 45.4. The Balaban J connectivity index is 1.98. The van der Waals surface area contributed by atoms with Crippen molar-refractivity contribution in [2.75, 3.05) is 25.0 Å². The number of nitrogens with zero attached hydrogens (tertiary/aromatic N) is 2. The van der Waals surface area contributed by atoms with E-state index in [0.29, 0.717) is 11.5 Å². The molecule has 0 aliphatic rings. The lowest BCUT2D eigenvalue weighted by Gasteiger charge is -2.19. The minimum Gasteiger partial charge on any atom is -0.496 e. The summed E-state index contributed by atoms with van der Waals surface area (Å²) in [4.78, 5) is 8.18. The second-order valence-corrected chi connectivity index (χ2v) is 10.2. The summed E-state index contributed by atoms with van der Waals surface area (Å²) in [5, 5.41) is 9.15. The monoisotopic (exact) mass is 487 g/mol. The van der Waals surface area contributed by atoms with Gasteiger partial charge < -0.3 is 19.3 Å². The molecule has 0 saturated heterocycles. The first-order valence-electron chi connectivity index (χ1n) is 10.6. The maximum Gasteiger partial charge on any atom is 0.263 e. The van der Waals surface area contributed by atoms with Crippen molar-refractivity contribution in [3.8, 4) is 23.1 Å². The molecule has 0 bridgehead atoms. The molecule has 9 nitrogen and oxygen atoms in total. The molecule has 182 valence electrons. The minimum absolute atomic E-state index is 0.0237. The summed E-state index contributed by atoms with van der Waals surface area (Å²) in [6.07, 6.45) is 1.15. The van der Waals surface area contributed by atoms with E-state index in [1.165, 1.54) is 7.11 Å². The Kier molecular flexibility index (Phi) is 7.63. The first-order chi connectivity index (χ1) is 16.0. The number of rotatable bonds is 9. The Hall–Kier alpha value is -3.37. The van der Waals surface area contributed by atoms with Gasteiger partial charge in [-0.1, -0.05) is 39.0 Å². The van der Waals surface area contributed by atoms with Crippen LogP contribution >= 0.6 is 0 Å². The lowest BCUT2D eigenvalue weighted by molar-refractivity contribution is 0.192. The molecule has 2 N–H and O–H groups in total. The van der Waals surface area contributed by atoms with Crippen molar-refractivity contribution < 1.29 is 27.7 Å². The van der Waals surface area contributed by atoms with Gasteiger partial charge in [0.05, 0.1) is 18.6 Å². The fourth-order valence-corrected chi connectivity index (χ4v) is 4.08.